The van der Waals surface area contributed by atoms with E-state index >= 15 is 0 Å². The van der Waals surface area contributed by atoms with Gasteiger partial charge in [0.25, 0.3) is 5.91 Å². The van der Waals surface area contributed by atoms with Gasteiger partial charge in [-0.3, -0.25) is 4.79 Å². The van der Waals surface area contributed by atoms with Gasteiger partial charge in [-0.25, -0.2) is 4.79 Å². The number of nitrogens with one attached hydrogen (secondary N) is 3. The van der Waals surface area contributed by atoms with Crippen LogP contribution in [0.4, 0.5) is 10.5 Å². The summed E-state index contributed by atoms with van der Waals surface area (Å²) in [5.74, 6) is -0.198. The number of carbonyl (C=O) groups is 2. The summed E-state index contributed by atoms with van der Waals surface area (Å²) in [6.45, 7) is 1.68. The number of urea groups is 1. The molecule has 0 aliphatic carbocycles. The molecule has 7 heteroatoms. The Morgan fingerprint density at radius 2 is 1.76 bits per heavy atom. The number of benzene rings is 2. The number of phenolic OH excluding ortho intramolecular Hbond substituents is 1. The van der Waals surface area contributed by atoms with E-state index in [0.717, 1.165) is 4.47 Å². The van der Waals surface area contributed by atoms with E-state index in [4.69, 9.17) is 0 Å². The van der Waals surface area contributed by atoms with E-state index in [9.17, 15) is 14.7 Å². The van der Waals surface area contributed by atoms with Crippen molar-refractivity contribution in [2.75, 3.05) is 5.32 Å². The number of amides is 3. The molecule has 1 aliphatic heterocycles. The number of halogens is 1. The van der Waals surface area contributed by atoms with Gasteiger partial charge >= 0.3 is 6.03 Å². The molecule has 6 nitrogen and oxygen atoms in total. The second-order valence-corrected chi connectivity index (χ2v) is 6.54. The Labute approximate surface area is 153 Å². The third kappa shape index (κ3) is 3.83. The zero-order chi connectivity index (χ0) is 18.0. The molecule has 0 aromatic heterocycles. The molecule has 2 aromatic rings. The standard InChI is InChI=1S/C18H16BrN3O3/c1-10-15(17(24)21-13-6-4-12(19)5-7-13)16(22-18(25)20-10)11-2-8-14(23)9-3-11/h2-9,16,23H,1H3,(H,21,24)(H2,20,22,25)/t16-/m0/s1. The van der Waals surface area contributed by atoms with Crippen molar-refractivity contribution in [1.82, 2.24) is 10.6 Å². The van der Waals surface area contributed by atoms with Gasteiger partial charge in [-0.15, -0.1) is 0 Å². The summed E-state index contributed by atoms with van der Waals surface area (Å²) in [6.07, 6.45) is 0. The summed E-state index contributed by atoms with van der Waals surface area (Å²) < 4.78 is 0.912. The van der Waals surface area contributed by atoms with Gasteiger partial charge in [-0.2, -0.15) is 0 Å². The number of allylic oxidation sites excluding steroid dienone is 1. The summed E-state index contributed by atoms with van der Waals surface area (Å²) >= 11 is 3.35. The van der Waals surface area contributed by atoms with Gasteiger partial charge in [0.1, 0.15) is 5.75 Å². The van der Waals surface area contributed by atoms with Crippen LogP contribution in [0.1, 0.15) is 18.5 Å². The van der Waals surface area contributed by atoms with Gasteiger partial charge in [0.15, 0.2) is 0 Å². The second-order valence-electron chi connectivity index (χ2n) is 5.62. The Bertz CT molecular complexity index is 845. The van der Waals surface area contributed by atoms with E-state index < -0.39 is 6.04 Å². The minimum atomic E-state index is -0.607. The maximum atomic E-state index is 12.8. The van der Waals surface area contributed by atoms with E-state index in [1.54, 1.807) is 31.2 Å². The minimum absolute atomic E-state index is 0.116. The lowest BCUT2D eigenvalue weighted by Gasteiger charge is -2.28. The SMILES string of the molecule is CC1=C(C(=O)Nc2ccc(Br)cc2)[C@H](c2ccc(O)cc2)NC(=O)N1. The van der Waals surface area contributed by atoms with Gasteiger partial charge in [0, 0.05) is 15.9 Å². The van der Waals surface area contributed by atoms with Crippen molar-refractivity contribution >= 4 is 33.6 Å². The van der Waals surface area contributed by atoms with Gasteiger partial charge in [-0.05, 0) is 48.9 Å². The van der Waals surface area contributed by atoms with Gasteiger partial charge in [0.2, 0.25) is 0 Å². The fourth-order valence-electron chi connectivity index (χ4n) is 2.64. The van der Waals surface area contributed by atoms with Crippen molar-refractivity contribution in [3.05, 3.63) is 69.8 Å². The van der Waals surface area contributed by atoms with Gasteiger partial charge in [0.05, 0.1) is 11.6 Å². The van der Waals surface area contributed by atoms with Crippen molar-refractivity contribution in [1.29, 1.82) is 0 Å². The number of anilines is 1. The Kier molecular flexibility index (Phi) is 4.76. The highest BCUT2D eigenvalue weighted by Crippen LogP contribution is 2.29. The van der Waals surface area contributed by atoms with Gasteiger partial charge in [-0.1, -0.05) is 28.1 Å². The summed E-state index contributed by atoms with van der Waals surface area (Å²) in [5, 5.41) is 17.7. The molecule has 1 aliphatic rings. The zero-order valence-electron chi connectivity index (χ0n) is 13.3. The molecule has 0 unspecified atom stereocenters. The van der Waals surface area contributed by atoms with Crippen molar-refractivity contribution < 1.29 is 14.7 Å². The first-order valence-corrected chi connectivity index (χ1v) is 8.37. The maximum Gasteiger partial charge on any atom is 0.319 e. The molecule has 0 saturated carbocycles. The van der Waals surface area contributed by atoms with Crippen molar-refractivity contribution in [2.24, 2.45) is 0 Å². The Morgan fingerprint density at radius 3 is 2.40 bits per heavy atom. The van der Waals surface area contributed by atoms with E-state index in [0.29, 0.717) is 22.5 Å². The molecule has 0 fully saturated rings. The molecule has 0 radical (unpaired) electrons. The zero-order valence-corrected chi connectivity index (χ0v) is 14.9. The van der Waals surface area contributed by atoms with E-state index in [1.807, 2.05) is 12.1 Å². The third-order valence-electron chi connectivity index (χ3n) is 3.84. The first kappa shape index (κ1) is 17.0. The second kappa shape index (κ2) is 6.98. The molecule has 4 N–H and O–H groups in total. The van der Waals surface area contributed by atoms with E-state index in [1.165, 1.54) is 12.1 Å². The van der Waals surface area contributed by atoms with Crippen LogP contribution in [0.2, 0.25) is 0 Å². The van der Waals surface area contributed by atoms with Crippen LogP contribution in [0.15, 0.2) is 64.3 Å². The summed E-state index contributed by atoms with van der Waals surface area (Å²) in [5.41, 5.74) is 2.24. The van der Waals surface area contributed by atoms with Crippen LogP contribution in [0.25, 0.3) is 0 Å². The van der Waals surface area contributed by atoms with E-state index in [2.05, 4.69) is 31.9 Å². The van der Waals surface area contributed by atoms with Crippen LogP contribution in [-0.4, -0.2) is 17.0 Å². The molecule has 25 heavy (non-hydrogen) atoms. The largest absolute Gasteiger partial charge is 0.508 e. The van der Waals surface area contributed by atoms with Crippen LogP contribution >= 0.6 is 15.9 Å². The number of hydrogen-bond donors (Lipinski definition) is 4. The number of rotatable bonds is 3. The van der Waals surface area contributed by atoms with E-state index in [-0.39, 0.29) is 17.7 Å². The summed E-state index contributed by atoms with van der Waals surface area (Å²) in [6, 6.07) is 12.6. The predicted octanol–water partition coefficient (Wildman–Crippen LogP) is 3.42. The number of hydrogen-bond acceptors (Lipinski definition) is 3. The molecular formula is C18H16BrN3O3. The number of phenols is 1. The summed E-state index contributed by atoms with van der Waals surface area (Å²) in [4.78, 5) is 24.6. The molecule has 1 atom stereocenters. The molecular weight excluding hydrogens is 386 g/mol. The third-order valence-corrected chi connectivity index (χ3v) is 4.37. The lowest BCUT2D eigenvalue weighted by atomic mass is 9.94. The van der Waals surface area contributed by atoms with Crippen molar-refractivity contribution in [3.8, 4) is 5.75 Å². The molecule has 0 bridgehead atoms. The molecule has 128 valence electrons. The predicted molar refractivity (Wildman–Crippen MR) is 98.0 cm³/mol. The smallest absolute Gasteiger partial charge is 0.319 e. The van der Waals surface area contributed by atoms with Crippen LogP contribution in [0, 0.1) is 0 Å². The van der Waals surface area contributed by atoms with Crippen molar-refractivity contribution in [2.45, 2.75) is 13.0 Å². The van der Waals surface area contributed by atoms with Gasteiger partial charge < -0.3 is 21.1 Å². The average Bonchev–Trinajstić information content (AvgIpc) is 2.57. The van der Waals surface area contributed by atoms with Crippen LogP contribution in [0.5, 0.6) is 5.75 Å². The number of carbonyl (C=O) groups excluding carboxylic acids is 2. The Balaban J connectivity index is 1.92. The molecule has 1 heterocycles. The fourth-order valence-corrected chi connectivity index (χ4v) is 2.91. The van der Waals surface area contributed by atoms with Crippen LogP contribution in [-0.2, 0) is 4.79 Å². The molecule has 2 aromatic carbocycles. The maximum absolute atomic E-state index is 12.8. The average molecular weight is 402 g/mol. The molecule has 3 rings (SSSR count). The van der Waals surface area contributed by atoms with Crippen LogP contribution in [0.3, 0.4) is 0 Å². The number of aromatic hydroxyl groups is 1. The topological polar surface area (TPSA) is 90.5 Å². The molecule has 3 amide bonds. The Hall–Kier alpha value is -2.80. The highest BCUT2D eigenvalue weighted by molar-refractivity contribution is 9.10. The summed E-state index contributed by atoms with van der Waals surface area (Å²) in [7, 11) is 0. The lowest BCUT2D eigenvalue weighted by molar-refractivity contribution is -0.113. The monoisotopic (exact) mass is 401 g/mol. The quantitative estimate of drug-likeness (QED) is 0.634. The fraction of sp³-hybridized carbons (Fsp3) is 0.111. The van der Waals surface area contributed by atoms with Crippen molar-refractivity contribution in [3.63, 3.8) is 0 Å². The minimum Gasteiger partial charge on any atom is -0.508 e. The normalized spacial score (nSPS) is 16.9. The van der Waals surface area contributed by atoms with Crippen LogP contribution < -0.4 is 16.0 Å². The molecule has 0 saturated heterocycles. The molecule has 0 spiro atoms. The highest BCUT2D eigenvalue weighted by atomic mass is 79.9. The Morgan fingerprint density at radius 1 is 1.12 bits per heavy atom. The highest BCUT2D eigenvalue weighted by Gasteiger charge is 2.31. The first-order chi connectivity index (χ1) is 11.9. The lowest BCUT2D eigenvalue weighted by Crippen LogP contribution is -2.45. The first-order valence-electron chi connectivity index (χ1n) is 7.58.